The molecule has 3 heterocycles. The van der Waals surface area contributed by atoms with Crippen LogP contribution in [0.1, 0.15) is 32.9 Å². The Hall–Kier alpha value is -2.24. The summed E-state index contributed by atoms with van der Waals surface area (Å²) >= 11 is 3.20. The largest absolute Gasteiger partial charge is 0.320 e. The van der Waals surface area contributed by atoms with Crippen molar-refractivity contribution in [2.75, 3.05) is 0 Å². The highest BCUT2D eigenvalue weighted by Crippen LogP contribution is 2.44. The summed E-state index contributed by atoms with van der Waals surface area (Å²) in [6.45, 7) is 4.00. The van der Waals surface area contributed by atoms with Crippen LogP contribution in [-0.4, -0.2) is 11.7 Å². The molecule has 4 rings (SSSR count). The van der Waals surface area contributed by atoms with Crippen LogP contribution >= 0.6 is 22.7 Å². The zero-order valence-electron chi connectivity index (χ0n) is 13.3. The summed E-state index contributed by atoms with van der Waals surface area (Å²) in [5.41, 5.74) is 2.67. The number of aryl methyl sites for hydroxylation is 1. The van der Waals surface area contributed by atoms with Gasteiger partial charge in [-0.1, -0.05) is 6.08 Å². The SMILES string of the molecule is C/C=C/c1ccc(C2=C3C(=O)CC(c4ccc(C)s4)=C3C(=O)N2)s1. The Kier molecular flexibility index (Phi) is 3.62. The number of thiophene rings is 2. The van der Waals surface area contributed by atoms with E-state index in [4.69, 9.17) is 0 Å². The number of amides is 1. The van der Waals surface area contributed by atoms with Crippen LogP contribution in [0.25, 0.3) is 17.3 Å². The second-order valence-corrected chi connectivity index (χ2v) is 8.17. The van der Waals surface area contributed by atoms with E-state index in [1.54, 1.807) is 22.7 Å². The van der Waals surface area contributed by atoms with Gasteiger partial charge in [0.15, 0.2) is 5.78 Å². The van der Waals surface area contributed by atoms with Gasteiger partial charge in [-0.05, 0) is 49.8 Å². The van der Waals surface area contributed by atoms with E-state index in [2.05, 4.69) is 5.32 Å². The summed E-state index contributed by atoms with van der Waals surface area (Å²) in [5.74, 6) is -0.131. The molecule has 0 saturated carbocycles. The Balaban J connectivity index is 1.86. The minimum absolute atomic E-state index is 0.0281. The lowest BCUT2D eigenvalue weighted by Gasteiger charge is -2.02. The zero-order chi connectivity index (χ0) is 16.8. The van der Waals surface area contributed by atoms with Crippen molar-refractivity contribution >= 4 is 51.7 Å². The van der Waals surface area contributed by atoms with Crippen LogP contribution in [0, 0.1) is 6.92 Å². The minimum Gasteiger partial charge on any atom is -0.320 e. The minimum atomic E-state index is -0.159. The highest BCUT2D eigenvalue weighted by atomic mass is 32.1. The van der Waals surface area contributed by atoms with Crippen LogP contribution in [0.15, 0.2) is 41.5 Å². The lowest BCUT2D eigenvalue weighted by Crippen LogP contribution is -2.16. The number of Topliss-reactive ketones (excluding diaryl/α,β-unsaturated/α-hetero) is 1. The van der Waals surface area contributed by atoms with Gasteiger partial charge in [0, 0.05) is 21.1 Å². The van der Waals surface area contributed by atoms with E-state index in [1.165, 1.54) is 4.88 Å². The van der Waals surface area contributed by atoms with Crippen molar-refractivity contribution in [2.24, 2.45) is 0 Å². The molecule has 0 bridgehead atoms. The molecule has 1 N–H and O–H groups in total. The van der Waals surface area contributed by atoms with Gasteiger partial charge in [0.05, 0.1) is 21.7 Å². The van der Waals surface area contributed by atoms with Crippen molar-refractivity contribution < 1.29 is 9.59 Å². The van der Waals surface area contributed by atoms with Crippen molar-refractivity contribution in [2.45, 2.75) is 20.3 Å². The van der Waals surface area contributed by atoms with Gasteiger partial charge in [0.1, 0.15) is 0 Å². The van der Waals surface area contributed by atoms with Gasteiger partial charge in [-0.15, -0.1) is 22.7 Å². The number of carbonyl (C=O) groups excluding carboxylic acids is 2. The Morgan fingerprint density at radius 2 is 1.83 bits per heavy atom. The maximum atomic E-state index is 12.6. The normalized spacial score (nSPS) is 17.4. The highest BCUT2D eigenvalue weighted by molar-refractivity contribution is 7.14. The van der Waals surface area contributed by atoms with Crippen LogP contribution in [-0.2, 0) is 9.59 Å². The summed E-state index contributed by atoms with van der Waals surface area (Å²) in [4.78, 5) is 29.4. The van der Waals surface area contributed by atoms with Gasteiger partial charge in [-0.3, -0.25) is 9.59 Å². The first-order valence-electron chi connectivity index (χ1n) is 7.70. The number of hydrogen-bond acceptors (Lipinski definition) is 4. The maximum absolute atomic E-state index is 12.6. The third-order valence-corrected chi connectivity index (χ3v) is 6.25. The first-order chi connectivity index (χ1) is 11.6. The van der Waals surface area contributed by atoms with Gasteiger partial charge in [-0.2, -0.15) is 0 Å². The number of hydrogen-bond donors (Lipinski definition) is 1. The van der Waals surface area contributed by atoms with Crippen molar-refractivity contribution in [3.05, 3.63) is 61.0 Å². The Morgan fingerprint density at radius 1 is 1.04 bits per heavy atom. The summed E-state index contributed by atoms with van der Waals surface area (Å²) in [5, 5.41) is 2.92. The number of allylic oxidation sites excluding steroid dienone is 2. The fourth-order valence-corrected chi connectivity index (χ4v) is 5.02. The molecule has 120 valence electrons. The van der Waals surface area contributed by atoms with E-state index in [-0.39, 0.29) is 11.7 Å². The second kappa shape index (κ2) is 5.69. The van der Waals surface area contributed by atoms with Crippen LogP contribution in [0.3, 0.4) is 0 Å². The Bertz CT molecular complexity index is 969. The van der Waals surface area contributed by atoms with Gasteiger partial charge < -0.3 is 5.32 Å². The number of rotatable bonds is 3. The van der Waals surface area contributed by atoms with Crippen LogP contribution in [0.5, 0.6) is 0 Å². The lowest BCUT2D eigenvalue weighted by atomic mass is 10.1. The molecule has 1 aliphatic carbocycles. The molecular formula is C19H15NO2S2. The van der Waals surface area contributed by atoms with Crippen LogP contribution < -0.4 is 5.32 Å². The predicted octanol–water partition coefficient (Wildman–Crippen LogP) is 4.42. The average Bonchev–Trinajstić information content (AvgIpc) is 3.28. The average molecular weight is 353 g/mol. The summed E-state index contributed by atoms with van der Waals surface area (Å²) in [6.07, 6.45) is 4.31. The van der Waals surface area contributed by atoms with E-state index >= 15 is 0 Å². The highest BCUT2D eigenvalue weighted by Gasteiger charge is 2.41. The first kappa shape index (κ1) is 15.3. The molecule has 0 atom stereocenters. The van der Waals surface area contributed by atoms with Gasteiger partial charge in [0.25, 0.3) is 5.91 Å². The maximum Gasteiger partial charge on any atom is 0.256 e. The number of nitrogens with one attached hydrogen (secondary N) is 1. The van der Waals surface area contributed by atoms with Crippen LogP contribution in [0.2, 0.25) is 0 Å². The van der Waals surface area contributed by atoms with Gasteiger partial charge in [0.2, 0.25) is 0 Å². The molecule has 1 aliphatic heterocycles. The van der Waals surface area contributed by atoms with Crippen molar-refractivity contribution in [3.63, 3.8) is 0 Å². The number of ketones is 1. The summed E-state index contributed by atoms with van der Waals surface area (Å²) in [6, 6.07) is 7.99. The molecule has 24 heavy (non-hydrogen) atoms. The van der Waals surface area contributed by atoms with E-state index in [1.807, 2.05) is 50.3 Å². The topological polar surface area (TPSA) is 46.2 Å². The molecule has 0 saturated heterocycles. The molecule has 0 unspecified atom stereocenters. The standard InChI is InChI=1S/C19H15NO2S2/c1-3-4-11-6-8-15(24-11)18-17-13(21)9-12(16(17)19(22)20-18)14-7-5-10(2)23-14/h3-8H,9H2,1-2H3,(H,20,22)/b4-3+. The van der Waals surface area contributed by atoms with Gasteiger partial charge in [-0.25, -0.2) is 0 Å². The zero-order valence-corrected chi connectivity index (χ0v) is 14.9. The summed E-state index contributed by atoms with van der Waals surface area (Å²) < 4.78 is 0. The third kappa shape index (κ3) is 2.32. The molecule has 0 spiro atoms. The van der Waals surface area contributed by atoms with Crippen molar-refractivity contribution in [3.8, 4) is 0 Å². The Labute approximate surface area is 148 Å². The molecule has 2 aromatic rings. The first-order valence-corrected chi connectivity index (χ1v) is 9.34. The second-order valence-electron chi connectivity index (χ2n) is 5.77. The molecule has 2 aliphatic rings. The molecule has 0 aromatic carbocycles. The van der Waals surface area contributed by atoms with Crippen molar-refractivity contribution in [1.29, 1.82) is 0 Å². The van der Waals surface area contributed by atoms with E-state index in [0.717, 1.165) is 20.2 Å². The molecule has 0 radical (unpaired) electrons. The summed E-state index contributed by atoms with van der Waals surface area (Å²) in [7, 11) is 0. The molecule has 3 nitrogen and oxygen atoms in total. The van der Waals surface area contributed by atoms with E-state index in [0.29, 0.717) is 23.3 Å². The van der Waals surface area contributed by atoms with Gasteiger partial charge >= 0.3 is 0 Å². The monoisotopic (exact) mass is 353 g/mol. The third-order valence-electron chi connectivity index (χ3n) is 4.13. The number of carbonyl (C=O) groups is 2. The quantitative estimate of drug-likeness (QED) is 0.888. The van der Waals surface area contributed by atoms with Crippen LogP contribution in [0.4, 0.5) is 0 Å². The lowest BCUT2D eigenvalue weighted by molar-refractivity contribution is -0.116. The Morgan fingerprint density at radius 3 is 2.54 bits per heavy atom. The van der Waals surface area contributed by atoms with E-state index < -0.39 is 0 Å². The van der Waals surface area contributed by atoms with E-state index in [9.17, 15) is 9.59 Å². The predicted molar refractivity (Wildman–Crippen MR) is 99.7 cm³/mol. The fraction of sp³-hybridized carbons (Fsp3) is 0.158. The number of fused-ring (bicyclic) bond motifs is 1. The van der Waals surface area contributed by atoms with Crippen molar-refractivity contribution in [1.82, 2.24) is 5.32 Å². The fourth-order valence-electron chi connectivity index (χ4n) is 3.11. The smallest absolute Gasteiger partial charge is 0.256 e. The molecular weight excluding hydrogens is 338 g/mol. The molecule has 2 aromatic heterocycles. The molecule has 1 amide bonds. The molecule has 5 heteroatoms. The molecule has 0 fully saturated rings.